The van der Waals surface area contributed by atoms with Crippen LogP contribution in [-0.4, -0.2) is 36.2 Å². The number of hydrogen-bond acceptors (Lipinski definition) is 7. The van der Waals surface area contributed by atoms with Crippen molar-refractivity contribution in [3.8, 4) is 11.5 Å². The molecule has 3 aromatic carbocycles. The third kappa shape index (κ3) is 7.61. The molecule has 0 saturated heterocycles. The van der Waals surface area contributed by atoms with Crippen LogP contribution >= 0.6 is 15.9 Å². The van der Waals surface area contributed by atoms with E-state index in [1.165, 1.54) is 24.4 Å². The quantitative estimate of drug-likeness (QED) is 0.197. The minimum Gasteiger partial charge on any atom is -0.490 e. The number of amides is 2. The lowest BCUT2D eigenvalue weighted by Gasteiger charge is -2.15. The second kappa shape index (κ2) is 12.6. The number of hydrazone groups is 1. The van der Waals surface area contributed by atoms with Gasteiger partial charge in [0.15, 0.2) is 18.1 Å². The number of nitro groups is 1. The Hall–Kier alpha value is -4.25. The molecule has 2 N–H and O–H groups in total. The van der Waals surface area contributed by atoms with Gasteiger partial charge in [0, 0.05) is 23.4 Å². The van der Waals surface area contributed by atoms with Crippen LogP contribution in [0.1, 0.15) is 34.0 Å². The predicted molar refractivity (Wildman–Crippen MR) is 144 cm³/mol. The number of benzene rings is 3. The number of nitrogens with one attached hydrogen (secondary N) is 2. The zero-order chi connectivity index (χ0) is 26.9. The minimum absolute atomic E-state index is 0.102. The van der Waals surface area contributed by atoms with E-state index >= 15 is 0 Å². The zero-order valence-electron chi connectivity index (χ0n) is 20.4. The van der Waals surface area contributed by atoms with Crippen LogP contribution in [0.25, 0.3) is 0 Å². The summed E-state index contributed by atoms with van der Waals surface area (Å²) in [6, 6.07) is 14.3. The van der Waals surface area contributed by atoms with Gasteiger partial charge in [0.1, 0.15) is 0 Å². The van der Waals surface area contributed by atoms with Crippen LogP contribution in [0.4, 0.5) is 11.4 Å². The van der Waals surface area contributed by atoms with E-state index in [4.69, 9.17) is 9.47 Å². The molecule has 0 aliphatic rings. The number of halogens is 1. The van der Waals surface area contributed by atoms with Crippen molar-refractivity contribution in [1.29, 1.82) is 0 Å². The van der Waals surface area contributed by atoms with Gasteiger partial charge in [-0.2, -0.15) is 5.10 Å². The molecule has 192 valence electrons. The Bertz CT molecular complexity index is 1360. The second-order valence-corrected chi connectivity index (χ2v) is 8.76. The number of ether oxygens (including phenoxy) is 2. The Kier molecular flexibility index (Phi) is 9.33. The Morgan fingerprint density at radius 2 is 1.86 bits per heavy atom. The average molecular weight is 569 g/mol. The van der Waals surface area contributed by atoms with Gasteiger partial charge in [-0.3, -0.25) is 19.7 Å². The highest BCUT2D eigenvalue weighted by Gasteiger charge is 2.15. The Labute approximate surface area is 222 Å². The summed E-state index contributed by atoms with van der Waals surface area (Å²) in [4.78, 5) is 35.0. The van der Waals surface area contributed by atoms with Crippen molar-refractivity contribution in [2.45, 2.75) is 20.8 Å². The van der Waals surface area contributed by atoms with E-state index in [1.54, 1.807) is 12.1 Å². The number of nitro benzene ring substituents is 1. The Balaban J connectivity index is 1.67. The van der Waals surface area contributed by atoms with Crippen molar-refractivity contribution < 1.29 is 24.0 Å². The van der Waals surface area contributed by atoms with Crippen molar-refractivity contribution in [2.75, 3.05) is 18.5 Å². The van der Waals surface area contributed by atoms with Crippen molar-refractivity contribution >= 4 is 45.3 Å². The summed E-state index contributed by atoms with van der Waals surface area (Å²) in [5.74, 6) is -0.205. The van der Waals surface area contributed by atoms with Crippen molar-refractivity contribution in [1.82, 2.24) is 5.43 Å². The van der Waals surface area contributed by atoms with Gasteiger partial charge in [-0.1, -0.05) is 12.1 Å². The molecule has 0 aliphatic carbocycles. The standard InChI is InChI=1S/C26H25BrN4O6/c1-4-36-23-12-18(14-28-30-26(33)19-6-5-7-21(13-19)31(34)35)11-22(27)25(23)37-15-24(32)29-20-9-8-16(2)17(3)10-20/h5-14H,4,15H2,1-3H3,(H,29,32)(H,30,33)/b28-14+. The second-order valence-electron chi connectivity index (χ2n) is 7.91. The molecule has 0 spiro atoms. The number of aryl methyl sites for hydroxylation is 2. The smallest absolute Gasteiger partial charge is 0.271 e. The molecule has 0 atom stereocenters. The molecule has 10 nitrogen and oxygen atoms in total. The predicted octanol–water partition coefficient (Wildman–Crippen LogP) is 5.15. The van der Waals surface area contributed by atoms with Crippen molar-refractivity contribution in [2.24, 2.45) is 5.10 Å². The molecule has 0 fully saturated rings. The lowest BCUT2D eigenvalue weighted by atomic mass is 10.1. The first-order chi connectivity index (χ1) is 17.7. The highest BCUT2D eigenvalue weighted by Crippen LogP contribution is 2.36. The minimum atomic E-state index is -0.598. The highest BCUT2D eigenvalue weighted by molar-refractivity contribution is 9.10. The summed E-state index contributed by atoms with van der Waals surface area (Å²) >= 11 is 3.43. The molecule has 0 aliphatic heterocycles. The first-order valence-corrected chi connectivity index (χ1v) is 12.0. The molecule has 3 aromatic rings. The van der Waals surface area contributed by atoms with Crippen LogP contribution < -0.4 is 20.2 Å². The lowest BCUT2D eigenvalue weighted by Crippen LogP contribution is -2.20. The van der Waals surface area contributed by atoms with E-state index in [0.717, 1.165) is 17.2 Å². The molecule has 0 heterocycles. The molecule has 37 heavy (non-hydrogen) atoms. The fraction of sp³-hybridized carbons (Fsp3) is 0.192. The molecule has 0 saturated carbocycles. The van der Waals surface area contributed by atoms with Gasteiger partial charge in [-0.15, -0.1) is 0 Å². The van der Waals surface area contributed by atoms with E-state index in [2.05, 4.69) is 31.8 Å². The van der Waals surface area contributed by atoms with Gasteiger partial charge < -0.3 is 14.8 Å². The largest absolute Gasteiger partial charge is 0.490 e. The summed E-state index contributed by atoms with van der Waals surface area (Å²) < 4.78 is 11.9. The van der Waals surface area contributed by atoms with Crippen LogP contribution in [0, 0.1) is 24.0 Å². The number of carbonyl (C=O) groups excluding carboxylic acids is 2. The topological polar surface area (TPSA) is 132 Å². The summed E-state index contributed by atoms with van der Waals surface area (Å²) in [6.07, 6.45) is 1.39. The van der Waals surface area contributed by atoms with Crippen molar-refractivity contribution in [3.63, 3.8) is 0 Å². The molecule has 0 aromatic heterocycles. The third-order valence-electron chi connectivity index (χ3n) is 5.17. The lowest BCUT2D eigenvalue weighted by molar-refractivity contribution is -0.384. The van der Waals surface area contributed by atoms with Crippen LogP contribution in [0.5, 0.6) is 11.5 Å². The third-order valence-corrected chi connectivity index (χ3v) is 5.76. The maximum atomic E-state index is 12.4. The molecule has 0 radical (unpaired) electrons. The summed E-state index contributed by atoms with van der Waals surface area (Å²) in [5, 5.41) is 17.6. The molecule has 3 rings (SSSR count). The molecule has 0 bridgehead atoms. The first-order valence-electron chi connectivity index (χ1n) is 11.2. The number of non-ortho nitro benzene ring substituents is 1. The van der Waals surface area contributed by atoms with Gasteiger partial charge in [-0.25, -0.2) is 5.43 Å². The van der Waals surface area contributed by atoms with Gasteiger partial charge >= 0.3 is 0 Å². The molecule has 2 amide bonds. The average Bonchev–Trinajstić information content (AvgIpc) is 2.86. The van der Waals surface area contributed by atoms with E-state index in [1.807, 2.05) is 39.0 Å². The number of anilines is 1. The number of carbonyl (C=O) groups is 2. The maximum absolute atomic E-state index is 12.4. The van der Waals surface area contributed by atoms with Crippen molar-refractivity contribution in [3.05, 3.63) is 91.4 Å². The van der Waals surface area contributed by atoms with E-state index in [-0.39, 0.29) is 23.8 Å². The van der Waals surface area contributed by atoms with Crippen LogP contribution in [0.2, 0.25) is 0 Å². The molecule has 0 unspecified atom stereocenters. The molecular weight excluding hydrogens is 544 g/mol. The number of nitrogens with zero attached hydrogens (tertiary/aromatic N) is 2. The van der Waals surface area contributed by atoms with Gasteiger partial charge in [0.2, 0.25) is 0 Å². The number of rotatable bonds is 10. The first kappa shape index (κ1) is 27.3. The monoisotopic (exact) mass is 568 g/mol. The van der Waals surface area contributed by atoms with Gasteiger partial charge in [-0.05, 0) is 83.7 Å². The van der Waals surface area contributed by atoms with Gasteiger partial charge in [0.25, 0.3) is 17.5 Å². The maximum Gasteiger partial charge on any atom is 0.271 e. The normalized spacial score (nSPS) is 10.7. The fourth-order valence-corrected chi connectivity index (χ4v) is 3.78. The van der Waals surface area contributed by atoms with E-state index in [9.17, 15) is 19.7 Å². The number of hydrogen-bond donors (Lipinski definition) is 2. The summed E-state index contributed by atoms with van der Waals surface area (Å²) in [6.45, 7) is 5.89. The van der Waals surface area contributed by atoms with Crippen LogP contribution in [0.3, 0.4) is 0 Å². The Morgan fingerprint density at radius 3 is 2.57 bits per heavy atom. The van der Waals surface area contributed by atoms with E-state index in [0.29, 0.717) is 33.8 Å². The molecule has 11 heteroatoms. The van der Waals surface area contributed by atoms with Crippen LogP contribution in [0.15, 0.2) is 64.2 Å². The van der Waals surface area contributed by atoms with Crippen LogP contribution in [-0.2, 0) is 4.79 Å². The Morgan fingerprint density at radius 1 is 1.08 bits per heavy atom. The van der Waals surface area contributed by atoms with E-state index < -0.39 is 10.8 Å². The highest BCUT2D eigenvalue weighted by atomic mass is 79.9. The zero-order valence-corrected chi connectivity index (χ0v) is 22.0. The fourth-order valence-electron chi connectivity index (χ4n) is 3.21. The molecular formula is C26H25BrN4O6. The van der Waals surface area contributed by atoms with Gasteiger partial charge in [0.05, 0.1) is 22.2 Å². The summed E-state index contributed by atoms with van der Waals surface area (Å²) in [5.41, 5.74) is 5.70. The SMILES string of the molecule is CCOc1cc(/C=N/NC(=O)c2cccc([N+](=O)[O-])c2)cc(Br)c1OCC(=O)Nc1ccc(C)c(C)c1. The summed E-state index contributed by atoms with van der Waals surface area (Å²) in [7, 11) is 0.